The van der Waals surface area contributed by atoms with Crippen molar-refractivity contribution in [3.05, 3.63) is 35.9 Å². The van der Waals surface area contributed by atoms with Gasteiger partial charge in [-0.2, -0.15) is 0 Å². The van der Waals surface area contributed by atoms with Gasteiger partial charge < -0.3 is 10.1 Å². The number of esters is 1. The molecule has 0 spiro atoms. The molecular formula is C16H21NO2. The maximum Gasteiger partial charge on any atom is 0.309 e. The highest BCUT2D eigenvalue weighted by Gasteiger charge is 2.61. The smallest absolute Gasteiger partial charge is 0.309 e. The minimum atomic E-state index is 0.0173. The normalized spacial score (nSPS) is 31.8. The molecule has 0 bridgehead atoms. The fraction of sp³-hybridized carbons (Fsp3) is 0.562. The van der Waals surface area contributed by atoms with E-state index in [2.05, 4.69) is 29.6 Å². The van der Waals surface area contributed by atoms with Gasteiger partial charge in [-0.25, -0.2) is 0 Å². The summed E-state index contributed by atoms with van der Waals surface area (Å²) in [4.78, 5) is 11.8. The average Bonchev–Trinajstić information content (AvgIpc) is 3.02. The monoisotopic (exact) mass is 259 g/mol. The Morgan fingerprint density at radius 3 is 2.84 bits per heavy atom. The molecule has 0 heterocycles. The summed E-state index contributed by atoms with van der Waals surface area (Å²) < 4.78 is 5.15. The molecule has 1 aromatic carbocycles. The van der Waals surface area contributed by atoms with Gasteiger partial charge in [-0.15, -0.1) is 0 Å². The lowest BCUT2D eigenvalue weighted by atomic mass is 10.1. The molecule has 0 radical (unpaired) electrons. The largest absolute Gasteiger partial charge is 0.466 e. The van der Waals surface area contributed by atoms with Crippen LogP contribution in [0.25, 0.3) is 0 Å². The molecule has 0 saturated heterocycles. The van der Waals surface area contributed by atoms with Crippen molar-refractivity contribution >= 4 is 5.97 Å². The molecule has 19 heavy (non-hydrogen) atoms. The Hall–Kier alpha value is -1.35. The Morgan fingerprint density at radius 1 is 1.32 bits per heavy atom. The Bertz CT molecular complexity index is 445. The third-order valence-corrected chi connectivity index (χ3v) is 4.48. The van der Waals surface area contributed by atoms with Gasteiger partial charge in [0.2, 0.25) is 0 Å². The molecule has 0 aliphatic heterocycles. The van der Waals surface area contributed by atoms with E-state index in [9.17, 15) is 4.79 Å². The Labute approximate surface area is 114 Å². The van der Waals surface area contributed by atoms with Crippen LogP contribution < -0.4 is 5.32 Å². The van der Waals surface area contributed by atoms with Crippen LogP contribution in [0.4, 0.5) is 0 Å². The molecular weight excluding hydrogens is 238 g/mol. The summed E-state index contributed by atoms with van der Waals surface area (Å²) in [5, 5.41) is 3.61. The fourth-order valence-corrected chi connectivity index (χ4v) is 3.54. The molecule has 102 valence electrons. The van der Waals surface area contributed by atoms with Gasteiger partial charge in [0.25, 0.3) is 0 Å². The lowest BCUT2D eigenvalue weighted by molar-refractivity contribution is -0.145. The first-order valence-electron chi connectivity index (χ1n) is 7.25. The van der Waals surface area contributed by atoms with Gasteiger partial charge in [0.05, 0.1) is 12.5 Å². The van der Waals surface area contributed by atoms with E-state index in [-0.39, 0.29) is 11.9 Å². The third kappa shape index (κ3) is 2.52. The van der Waals surface area contributed by atoms with Crippen LogP contribution in [0.2, 0.25) is 0 Å². The van der Waals surface area contributed by atoms with Crippen molar-refractivity contribution in [3.8, 4) is 0 Å². The molecule has 3 rings (SSSR count). The van der Waals surface area contributed by atoms with Crippen LogP contribution in [0.5, 0.6) is 0 Å². The maximum atomic E-state index is 11.8. The number of hydrogen-bond donors (Lipinski definition) is 1. The van der Waals surface area contributed by atoms with Crippen molar-refractivity contribution in [2.24, 2.45) is 17.8 Å². The number of ether oxygens (including phenoxy) is 1. The number of hydrogen-bond acceptors (Lipinski definition) is 3. The summed E-state index contributed by atoms with van der Waals surface area (Å²) in [6.45, 7) is 3.27. The summed E-state index contributed by atoms with van der Waals surface area (Å²) in [6.07, 6.45) is 2.36. The molecule has 2 aliphatic carbocycles. The topological polar surface area (TPSA) is 38.3 Å². The van der Waals surface area contributed by atoms with Gasteiger partial charge >= 0.3 is 5.97 Å². The van der Waals surface area contributed by atoms with E-state index in [1.807, 2.05) is 13.0 Å². The van der Waals surface area contributed by atoms with E-state index in [1.54, 1.807) is 0 Å². The van der Waals surface area contributed by atoms with Crippen molar-refractivity contribution in [2.45, 2.75) is 32.4 Å². The number of carbonyl (C=O) groups excluding carboxylic acids is 1. The van der Waals surface area contributed by atoms with Crippen LogP contribution in [0.1, 0.15) is 25.3 Å². The van der Waals surface area contributed by atoms with Gasteiger partial charge in [0.15, 0.2) is 0 Å². The molecule has 2 saturated carbocycles. The van der Waals surface area contributed by atoms with Crippen LogP contribution in [0.3, 0.4) is 0 Å². The molecule has 2 fully saturated rings. The van der Waals surface area contributed by atoms with E-state index in [1.165, 1.54) is 18.4 Å². The minimum absolute atomic E-state index is 0.0173. The average molecular weight is 259 g/mol. The molecule has 3 nitrogen and oxygen atoms in total. The predicted octanol–water partition coefficient (Wildman–Crippen LogP) is 2.36. The molecule has 2 aliphatic rings. The minimum Gasteiger partial charge on any atom is -0.466 e. The van der Waals surface area contributed by atoms with Crippen molar-refractivity contribution in [2.75, 3.05) is 6.61 Å². The van der Waals surface area contributed by atoms with Crippen molar-refractivity contribution in [3.63, 3.8) is 0 Å². The van der Waals surface area contributed by atoms with Gasteiger partial charge in [-0.05, 0) is 37.2 Å². The van der Waals surface area contributed by atoms with Crippen LogP contribution in [-0.2, 0) is 16.1 Å². The first-order chi connectivity index (χ1) is 9.31. The Balaban J connectivity index is 1.52. The first kappa shape index (κ1) is 12.7. The standard InChI is InChI=1S/C16H21NO2/c1-2-19-16(18)15-12-8-9-13(14(12)15)17-10-11-6-4-3-5-7-11/h3-7,12-15,17H,2,8-10H2,1H3/t12-,13?,14-,15+/m1/s1. The van der Waals surface area contributed by atoms with Crippen molar-refractivity contribution in [1.29, 1.82) is 0 Å². The van der Waals surface area contributed by atoms with E-state index in [4.69, 9.17) is 4.74 Å². The zero-order valence-electron chi connectivity index (χ0n) is 11.3. The molecule has 0 aromatic heterocycles. The summed E-state index contributed by atoms with van der Waals surface area (Å²) in [5.41, 5.74) is 1.30. The second kappa shape index (κ2) is 5.33. The lowest BCUT2D eigenvalue weighted by Crippen LogP contribution is -2.30. The molecule has 1 unspecified atom stereocenters. The quantitative estimate of drug-likeness (QED) is 0.825. The zero-order chi connectivity index (χ0) is 13.2. The molecule has 1 aromatic rings. The number of rotatable bonds is 5. The van der Waals surface area contributed by atoms with E-state index in [0.717, 1.165) is 6.54 Å². The van der Waals surface area contributed by atoms with Crippen LogP contribution in [0, 0.1) is 17.8 Å². The summed E-state index contributed by atoms with van der Waals surface area (Å²) in [5.74, 6) is 1.28. The number of fused-ring (bicyclic) bond motifs is 1. The lowest BCUT2D eigenvalue weighted by Gasteiger charge is -2.16. The second-order valence-electron chi connectivity index (χ2n) is 5.57. The van der Waals surface area contributed by atoms with Gasteiger partial charge in [0, 0.05) is 12.6 Å². The highest BCUT2D eigenvalue weighted by molar-refractivity contribution is 5.77. The molecule has 0 amide bonds. The zero-order valence-corrected chi connectivity index (χ0v) is 11.3. The summed E-state index contributed by atoms with van der Waals surface area (Å²) in [7, 11) is 0. The van der Waals surface area contributed by atoms with Gasteiger partial charge in [-0.3, -0.25) is 4.79 Å². The van der Waals surface area contributed by atoms with Crippen molar-refractivity contribution in [1.82, 2.24) is 5.32 Å². The van der Waals surface area contributed by atoms with E-state index >= 15 is 0 Å². The number of benzene rings is 1. The highest BCUT2D eigenvalue weighted by Crippen LogP contribution is 2.58. The number of nitrogens with one attached hydrogen (secondary N) is 1. The Morgan fingerprint density at radius 2 is 2.11 bits per heavy atom. The predicted molar refractivity (Wildman–Crippen MR) is 73.4 cm³/mol. The SMILES string of the molecule is CCOC(=O)[C@H]1[C@@H]2CCC(NCc3ccccc3)[C@@H]21. The first-order valence-corrected chi connectivity index (χ1v) is 7.25. The van der Waals surface area contributed by atoms with Crippen molar-refractivity contribution < 1.29 is 9.53 Å². The molecule has 4 atom stereocenters. The second-order valence-corrected chi connectivity index (χ2v) is 5.57. The molecule has 1 N–H and O–H groups in total. The fourth-order valence-electron chi connectivity index (χ4n) is 3.54. The maximum absolute atomic E-state index is 11.8. The van der Waals surface area contributed by atoms with Crippen LogP contribution >= 0.6 is 0 Å². The molecule has 3 heteroatoms. The van der Waals surface area contributed by atoms with Crippen LogP contribution in [-0.4, -0.2) is 18.6 Å². The van der Waals surface area contributed by atoms with E-state index < -0.39 is 0 Å². The summed E-state index contributed by atoms with van der Waals surface area (Å²) >= 11 is 0. The third-order valence-electron chi connectivity index (χ3n) is 4.48. The van der Waals surface area contributed by atoms with Crippen LogP contribution in [0.15, 0.2) is 30.3 Å². The highest BCUT2D eigenvalue weighted by atomic mass is 16.5. The number of carbonyl (C=O) groups is 1. The van der Waals surface area contributed by atoms with E-state index in [0.29, 0.717) is 24.5 Å². The van der Waals surface area contributed by atoms with Gasteiger partial charge in [0.1, 0.15) is 0 Å². The Kier molecular flexibility index (Phi) is 3.56. The van der Waals surface area contributed by atoms with Gasteiger partial charge in [-0.1, -0.05) is 30.3 Å². The summed E-state index contributed by atoms with van der Waals surface area (Å²) in [6, 6.07) is 10.9.